The predicted molar refractivity (Wildman–Crippen MR) is 75.0 cm³/mol. The van der Waals surface area contributed by atoms with Gasteiger partial charge in [-0.2, -0.15) is 4.98 Å². The van der Waals surface area contributed by atoms with Crippen molar-refractivity contribution in [1.82, 2.24) is 10.3 Å². The summed E-state index contributed by atoms with van der Waals surface area (Å²) in [4.78, 5) is 16.9. The highest BCUT2D eigenvalue weighted by Gasteiger charge is 2.28. The molecule has 0 radical (unpaired) electrons. The number of non-ortho nitro benzene ring substituents is 1. The molecule has 0 aliphatic carbocycles. The predicted octanol–water partition coefficient (Wildman–Crippen LogP) is 1.92. The van der Waals surface area contributed by atoms with Gasteiger partial charge >= 0.3 is 0 Å². The molecule has 0 saturated carbocycles. The molecule has 1 atom stereocenters. The van der Waals surface area contributed by atoms with Crippen molar-refractivity contribution in [2.45, 2.75) is 18.9 Å². The van der Waals surface area contributed by atoms with Crippen LogP contribution in [0.1, 0.15) is 12.8 Å². The molecule has 1 saturated heterocycles. The van der Waals surface area contributed by atoms with Gasteiger partial charge in [-0.1, -0.05) is 0 Å². The Morgan fingerprint density at radius 3 is 3.20 bits per heavy atom. The van der Waals surface area contributed by atoms with Crippen LogP contribution in [0.4, 0.5) is 11.7 Å². The van der Waals surface area contributed by atoms with Crippen LogP contribution in [0, 0.1) is 10.1 Å². The van der Waals surface area contributed by atoms with Crippen molar-refractivity contribution >= 4 is 22.8 Å². The van der Waals surface area contributed by atoms with Crippen LogP contribution in [0.2, 0.25) is 0 Å². The maximum atomic E-state index is 10.8. The van der Waals surface area contributed by atoms with Crippen molar-refractivity contribution in [3.8, 4) is 0 Å². The second-order valence-electron chi connectivity index (χ2n) is 4.95. The molecular weight excluding hydrogens is 260 g/mol. The Balaban J connectivity index is 1.94. The Morgan fingerprint density at radius 2 is 2.45 bits per heavy atom. The number of nitrogens with one attached hydrogen (secondary N) is 1. The summed E-state index contributed by atoms with van der Waals surface area (Å²) in [6.07, 6.45) is 2.20. The molecule has 2 aromatic rings. The molecule has 3 rings (SSSR count). The number of nitro groups is 1. The van der Waals surface area contributed by atoms with Gasteiger partial charge in [-0.05, 0) is 26.0 Å². The lowest BCUT2D eigenvalue weighted by Crippen LogP contribution is -2.36. The average Bonchev–Trinajstić information content (AvgIpc) is 3.03. The second-order valence-corrected chi connectivity index (χ2v) is 4.95. The Labute approximate surface area is 115 Å². The third-order valence-corrected chi connectivity index (χ3v) is 3.63. The molecule has 106 valence electrons. The summed E-state index contributed by atoms with van der Waals surface area (Å²) in [5.74, 6) is 0. The number of likely N-dealkylation sites (N-methyl/N-ethyl adjacent to an activating group) is 1. The first-order valence-corrected chi connectivity index (χ1v) is 6.65. The molecule has 1 unspecified atom stereocenters. The average molecular weight is 276 g/mol. The quantitative estimate of drug-likeness (QED) is 0.678. The number of hydrogen-bond acceptors (Lipinski definition) is 6. The van der Waals surface area contributed by atoms with E-state index in [0.717, 1.165) is 25.9 Å². The number of oxazole rings is 1. The molecule has 1 aliphatic rings. The molecule has 1 aromatic carbocycles. The Hall–Kier alpha value is -2.15. The molecular formula is C13H16N4O3. The highest BCUT2D eigenvalue weighted by atomic mass is 16.6. The molecule has 20 heavy (non-hydrogen) atoms. The maximum Gasteiger partial charge on any atom is 0.298 e. The van der Waals surface area contributed by atoms with Crippen LogP contribution in [0.15, 0.2) is 22.6 Å². The smallest absolute Gasteiger partial charge is 0.298 e. The van der Waals surface area contributed by atoms with Gasteiger partial charge in [-0.15, -0.1) is 0 Å². The Bertz CT molecular complexity index is 640. The molecule has 1 fully saturated rings. The van der Waals surface area contributed by atoms with Crippen molar-refractivity contribution in [2.75, 3.05) is 25.0 Å². The van der Waals surface area contributed by atoms with Gasteiger partial charge in [0, 0.05) is 25.2 Å². The van der Waals surface area contributed by atoms with Crippen molar-refractivity contribution in [2.24, 2.45) is 0 Å². The fourth-order valence-corrected chi connectivity index (χ4v) is 2.67. The van der Waals surface area contributed by atoms with E-state index in [1.807, 2.05) is 7.05 Å². The fourth-order valence-electron chi connectivity index (χ4n) is 2.67. The zero-order valence-electron chi connectivity index (χ0n) is 11.2. The third-order valence-electron chi connectivity index (χ3n) is 3.63. The fraction of sp³-hybridized carbons (Fsp3) is 0.462. The lowest BCUT2D eigenvalue weighted by molar-refractivity contribution is -0.384. The number of anilines is 1. The van der Waals surface area contributed by atoms with Gasteiger partial charge in [-0.25, -0.2) is 0 Å². The third kappa shape index (κ3) is 2.20. The zero-order chi connectivity index (χ0) is 14.1. The lowest BCUT2D eigenvalue weighted by Gasteiger charge is -2.22. The van der Waals surface area contributed by atoms with E-state index < -0.39 is 4.92 Å². The van der Waals surface area contributed by atoms with Crippen molar-refractivity contribution in [1.29, 1.82) is 0 Å². The van der Waals surface area contributed by atoms with E-state index in [1.165, 1.54) is 12.1 Å². The van der Waals surface area contributed by atoms with E-state index in [-0.39, 0.29) is 5.69 Å². The first-order valence-electron chi connectivity index (χ1n) is 6.65. The number of fused-ring (bicyclic) bond motifs is 1. The standard InChI is InChI=1S/C13H16N4O3/c1-14-8-10-3-2-6-16(10)13-15-11-5-4-9(17(18)19)7-12(11)20-13/h4-5,7,10,14H,2-3,6,8H2,1H3. The SMILES string of the molecule is CNCC1CCCN1c1nc2ccc([N+](=O)[O-])cc2o1. The van der Waals surface area contributed by atoms with E-state index >= 15 is 0 Å². The first-order chi connectivity index (χ1) is 9.69. The van der Waals surface area contributed by atoms with Crippen molar-refractivity contribution in [3.05, 3.63) is 28.3 Å². The van der Waals surface area contributed by atoms with Crippen LogP contribution in [-0.4, -0.2) is 36.1 Å². The monoisotopic (exact) mass is 276 g/mol. The largest absolute Gasteiger partial charge is 0.423 e. The molecule has 7 nitrogen and oxygen atoms in total. The minimum Gasteiger partial charge on any atom is -0.423 e. The van der Waals surface area contributed by atoms with Crippen molar-refractivity contribution < 1.29 is 9.34 Å². The molecule has 2 heterocycles. The summed E-state index contributed by atoms with van der Waals surface area (Å²) in [5, 5.41) is 13.9. The number of aromatic nitrogens is 1. The van der Waals surface area contributed by atoms with E-state index in [2.05, 4.69) is 15.2 Å². The summed E-state index contributed by atoms with van der Waals surface area (Å²) < 4.78 is 5.70. The van der Waals surface area contributed by atoms with Gasteiger partial charge in [0.25, 0.3) is 11.7 Å². The van der Waals surface area contributed by atoms with E-state index in [1.54, 1.807) is 6.07 Å². The lowest BCUT2D eigenvalue weighted by atomic mass is 10.2. The Kier molecular flexibility index (Phi) is 3.27. The van der Waals surface area contributed by atoms with Crippen LogP contribution < -0.4 is 10.2 Å². The van der Waals surface area contributed by atoms with Crippen LogP contribution in [0.25, 0.3) is 11.1 Å². The molecule has 0 bridgehead atoms. The van der Waals surface area contributed by atoms with E-state index in [4.69, 9.17) is 4.42 Å². The minimum atomic E-state index is -0.429. The second kappa shape index (κ2) is 5.09. The number of nitro benzene ring substituents is 1. The highest BCUT2D eigenvalue weighted by Crippen LogP contribution is 2.29. The molecule has 1 aliphatic heterocycles. The number of nitrogens with zero attached hydrogens (tertiary/aromatic N) is 3. The Morgan fingerprint density at radius 1 is 1.60 bits per heavy atom. The summed E-state index contributed by atoms with van der Waals surface area (Å²) in [5.41, 5.74) is 1.14. The summed E-state index contributed by atoms with van der Waals surface area (Å²) in [6.45, 7) is 1.78. The van der Waals surface area contributed by atoms with E-state index in [0.29, 0.717) is 23.2 Å². The van der Waals surface area contributed by atoms with Gasteiger partial charge < -0.3 is 14.6 Å². The molecule has 1 N–H and O–H groups in total. The molecule has 0 spiro atoms. The van der Waals surface area contributed by atoms with Crippen molar-refractivity contribution in [3.63, 3.8) is 0 Å². The first kappa shape index (κ1) is 12.9. The zero-order valence-corrected chi connectivity index (χ0v) is 11.2. The van der Waals surface area contributed by atoms with E-state index in [9.17, 15) is 10.1 Å². The van der Waals surface area contributed by atoms with Crippen LogP contribution in [-0.2, 0) is 0 Å². The molecule has 1 aromatic heterocycles. The van der Waals surface area contributed by atoms with Gasteiger partial charge in [-0.3, -0.25) is 10.1 Å². The summed E-state index contributed by atoms with van der Waals surface area (Å²) >= 11 is 0. The number of hydrogen-bond donors (Lipinski definition) is 1. The maximum absolute atomic E-state index is 10.8. The summed E-state index contributed by atoms with van der Waals surface area (Å²) in [7, 11) is 1.92. The minimum absolute atomic E-state index is 0.0217. The normalized spacial score (nSPS) is 18.9. The van der Waals surface area contributed by atoms with Gasteiger partial charge in [0.15, 0.2) is 5.58 Å². The highest BCUT2D eigenvalue weighted by molar-refractivity contribution is 5.77. The van der Waals surface area contributed by atoms with Gasteiger partial charge in [0.2, 0.25) is 0 Å². The van der Waals surface area contributed by atoms with Gasteiger partial charge in [0.05, 0.1) is 11.0 Å². The van der Waals surface area contributed by atoms with Crippen LogP contribution in [0.3, 0.4) is 0 Å². The number of benzene rings is 1. The number of rotatable bonds is 4. The summed E-state index contributed by atoms with van der Waals surface area (Å²) in [6, 6.07) is 5.42. The van der Waals surface area contributed by atoms with Crippen LogP contribution in [0.5, 0.6) is 0 Å². The van der Waals surface area contributed by atoms with Gasteiger partial charge in [0.1, 0.15) is 5.52 Å². The molecule has 7 heteroatoms. The van der Waals surface area contributed by atoms with Crippen LogP contribution >= 0.6 is 0 Å². The topological polar surface area (TPSA) is 84.4 Å². The molecule has 0 amide bonds.